The fourth-order valence-electron chi connectivity index (χ4n) is 1.56. The highest BCUT2D eigenvalue weighted by Gasteiger charge is 2.05. The molecule has 1 rings (SSSR count). The highest BCUT2D eigenvalue weighted by atomic mass is 16.1. The molecule has 0 saturated heterocycles. The Bertz CT molecular complexity index is 560. The zero-order valence-electron chi connectivity index (χ0n) is 11.3. The molecule has 1 aromatic carbocycles. The fraction of sp³-hybridized carbons (Fsp3) is 0.200. The normalized spacial score (nSPS) is 11.9. The van der Waals surface area contributed by atoms with Crippen molar-refractivity contribution in [1.82, 2.24) is 4.90 Å². The third-order valence-electron chi connectivity index (χ3n) is 2.62. The number of nitriles is 1. The Labute approximate surface area is 113 Å². The molecule has 0 saturated carbocycles. The predicted molar refractivity (Wildman–Crippen MR) is 75.7 cm³/mol. The van der Waals surface area contributed by atoms with Crippen LogP contribution >= 0.6 is 0 Å². The van der Waals surface area contributed by atoms with E-state index in [-0.39, 0.29) is 5.57 Å². The Balaban J connectivity index is 3.19. The van der Waals surface area contributed by atoms with Gasteiger partial charge in [-0.05, 0) is 24.6 Å². The van der Waals surface area contributed by atoms with Crippen molar-refractivity contribution in [3.63, 3.8) is 0 Å². The van der Waals surface area contributed by atoms with E-state index in [9.17, 15) is 4.79 Å². The van der Waals surface area contributed by atoms with Crippen molar-refractivity contribution in [1.29, 1.82) is 5.26 Å². The minimum atomic E-state index is -0.722. The average molecular weight is 255 g/mol. The van der Waals surface area contributed by atoms with Crippen molar-refractivity contribution in [2.24, 2.45) is 5.73 Å². The van der Waals surface area contributed by atoms with Crippen LogP contribution in [0.3, 0.4) is 0 Å². The first kappa shape index (κ1) is 14.5. The number of allylic oxidation sites excluding steroid dienone is 2. The molecule has 0 unspecified atom stereocenters. The maximum atomic E-state index is 11.0. The third-order valence-corrected chi connectivity index (χ3v) is 2.62. The van der Waals surface area contributed by atoms with Gasteiger partial charge in [0.25, 0.3) is 5.91 Å². The number of aryl methyl sites for hydroxylation is 1. The summed E-state index contributed by atoms with van der Waals surface area (Å²) in [7, 11) is 3.80. The summed E-state index contributed by atoms with van der Waals surface area (Å²) in [6, 6.07) is 9.78. The molecule has 2 N–H and O–H groups in total. The molecule has 19 heavy (non-hydrogen) atoms. The van der Waals surface area contributed by atoms with Crippen LogP contribution in [-0.2, 0) is 4.79 Å². The van der Waals surface area contributed by atoms with Crippen LogP contribution in [0.5, 0.6) is 0 Å². The number of nitrogens with zero attached hydrogens (tertiary/aromatic N) is 2. The summed E-state index contributed by atoms with van der Waals surface area (Å²) in [6.07, 6.45) is 3.16. The second-order valence-corrected chi connectivity index (χ2v) is 4.37. The molecule has 0 atom stereocenters. The van der Waals surface area contributed by atoms with Gasteiger partial charge in [0.1, 0.15) is 11.6 Å². The van der Waals surface area contributed by atoms with Gasteiger partial charge in [0.2, 0.25) is 0 Å². The van der Waals surface area contributed by atoms with Crippen molar-refractivity contribution < 1.29 is 4.79 Å². The number of carbonyl (C=O) groups excluding carboxylic acids is 1. The van der Waals surface area contributed by atoms with E-state index in [2.05, 4.69) is 0 Å². The summed E-state index contributed by atoms with van der Waals surface area (Å²) in [5.74, 6) is -0.722. The predicted octanol–water partition coefficient (Wildman–Crippen LogP) is 1.83. The van der Waals surface area contributed by atoms with Crippen molar-refractivity contribution in [3.8, 4) is 6.07 Å². The topological polar surface area (TPSA) is 70.1 Å². The lowest BCUT2D eigenvalue weighted by Gasteiger charge is -2.17. The van der Waals surface area contributed by atoms with Gasteiger partial charge in [-0.1, -0.05) is 29.8 Å². The van der Waals surface area contributed by atoms with Gasteiger partial charge in [0.15, 0.2) is 0 Å². The molecule has 0 heterocycles. The Hall–Kier alpha value is -2.54. The van der Waals surface area contributed by atoms with Crippen LogP contribution in [0.1, 0.15) is 11.1 Å². The van der Waals surface area contributed by atoms with E-state index < -0.39 is 5.91 Å². The third kappa shape index (κ3) is 4.00. The Kier molecular flexibility index (Phi) is 4.90. The lowest BCUT2D eigenvalue weighted by atomic mass is 10.1. The number of benzene rings is 1. The van der Waals surface area contributed by atoms with Crippen LogP contribution in [-0.4, -0.2) is 24.9 Å². The molecule has 0 radical (unpaired) electrons. The molecule has 0 aliphatic heterocycles. The van der Waals surface area contributed by atoms with Gasteiger partial charge in [0.05, 0.1) is 0 Å². The van der Waals surface area contributed by atoms with E-state index in [1.165, 1.54) is 11.6 Å². The molecule has 0 bridgehead atoms. The van der Waals surface area contributed by atoms with Crippen LogP contribution in [0.2, 0.25) is 0 Å². The number of carbonyl (C=O) groups is 1. The molecule has 4 nitrogen and oxygen atoms in total. The molecule has 0 fully saturated rings. The van der Waals surface area contributed by atoms with Gasteiger partial charge in [-0.3, -0.25) is 4.79 Å². The smallest absolute Gasteiger partial charge is 0.259 e. The molecular formula is C15H17N3O. The Morgan fingerprint density at radius 1 is 1.26 bits per heavy atom. The van der Waals surface area contributed by atoms with E-state index in [0.29, 0.717) is 0 Å². The largest absolute Gasteiger partial charge is 0.377 e. The number of amides is 1. The van der Waals surface area contributed by atoms with E-state index in [0.717, 1.165) is 11.3 Å². The molecule has 0 aromatic heterocycles. The number of rotatable bonds is 4. The zero-order valence-corrected chi connectivity index (χ0v) is 11.3. The first-order valence-electron chi connectivity index (χ1n) is 5.82. The van der Waals surface area contributed by atoms with Crippen molar-refractivity contribution >= 4 is 11.6 Å². The van der Waals surface area contributed by atoms with Gasteiger partial charge in [-0.15, -0.1) is 0 Å². The average Bonchev–Trinajstić information content (AvgIpc) is 2.35. The minimum Gasteiger partial charge on any atom is -0.377 e. The Morgan fingerprint density at radius 3 is 2.26 bits per heavy atom. The van der Waals surface area contributed by atoms with E-state index in [1.54, 1.807) is 12.1 Å². The first-order valence-corrected chi connectivity index (χ1v) is 5.82. The number of hydrogen-bond donors (Lipinski definition) is 1. The van der Waals surface area contributed by atoms with E-state index in [1.807, 2.05) is 50.2 Å². The quantitative estimate of drug-likeness (QED) is 0.507. The molecule has 0 spiro atoms. The van der Waals surface area contributed by atoms with Crippen molar-refractivity contribution in [2.45, 2.75) is 6.92 Å². The molecule has 1 amide bonds. The molecule has 1 aromatic rings. The standard InChI is InChI=1S/C15H17N3O/c1-11-4-6-12(7-5-11)14(18(2)3)9-8-13(10-16)15(17)19/h4-9H,1-3H3,(H2,17,19). The lowest BCUT2D eigenvalue weighted by Crippen LogP contribution is -2.13. The van der Waals surface area contributed by atoms with Crippen LogP contribution < -0.4 is 5.73 Å². The number of hydrogen-bond acceptors (Lipinski definition) is 3. The highest BCUT2D eigenvalue weighted by Crippen LogP contribution is 2.17. The SMILES string of the molecule is Cc1ccc(C(=CC=C(C#N)C(N)=O)N(C)C)cc1. The second kappa shape index (κ2) is 6.41. The second-order valence-electron chi connectivity index (χ2n) is 4.37. The summed E-state index contributed by atoms with van der Waals surface area (Å²) >= 11 is 0. The summed E-state index contributed by atoms with van der Waals surface area (Å²) < 4.78 is 0. The highest BCUT2D eigenvalue weighted by molar-refractivity contribution is 5.96. The van der Waals surface area contributed by atoms with Gasteiger partial charge >= 0.3 is 0 Å². The van der Waals surface area contributed by atoms with Crippen LogP contribution in [0.4, 0.5) is 0 Å². The monoisotopic (exact) mass is 255 g/mol. The molecule has 0 aliphatic carbocycles. The first-order chi connectivity index (χ1) is 8.95. The molecular weight excluding hydrogens is 238 g/mol. The minimum absolute atomic E-state index is 0.0635. The van der Waals surface area contributed by atoms with Gasteiger partial charge in [-0.25, -0.2) is 0 Å². The lowest BCUT2D eigenvalue weighted by molar-refractivity contribution is -0.114. The number of nitrogens with two attached hydrogens (primary N) is 1. The summed E-state index contributed by atoms with van der Waals surface area (Å²) in [6.45, 7) is 2.02. The zero-order chi connectivity index (χ0) is 14.4. The maximum Gasteiger partial charge on any atom is 0.259 e. The fourth-order valence-corrected chi connectivity index (χ4v) is 1.56. The molecule has 98 valence electrons. The summed E-state index contributed by atoms with van der Waals surface area (Å²) in [4.78, 5) is 12.9. The van der Waals surface area contributed by atoms with Gasteiger partial charge < -0.3 is 10.6 Å². The van der Waals surface area contributed by atoms with Crippen molar-refractivity contribution in [2.75, 3.05) is 14.1 Å². The maximum absolute atomic E-state index is 11.0. The van der Waals surface area contributed by atoms with Crippen LogP contribution in [0.15, 0.2) is 42.0 Å². The van der Waals surface area contributed by atoms with Crippen molar-refractivity contribution in [3.05, 3.63) is 53.1 Å². The van der Waals surface area contributed by atoms with E-state index in [4.69, 9.17) is 11.0 Å². The van der Waals surface area contributed by atoms with Crippen LogP contribution in [0.25, 0.3) is 5.70 Å². The van der Waals surface area contributed by atoms with Crippen LogP contribution in [0, 0.1) is 18.3 Å². The van der Waals surface area contributed by atoms with E-state index >= 15 is 0 Å². The summed E-state index contributed by atoms with van der Waals surface area (Å²) in [5, 5.41) is 8.79. The number of primary amides is 1. The molecule has 4 heteroatoms. The van der Waals surface area contributed by atoms with Gasteiger partial charge in [-0.2, -0.15) is 5.26 Å². The Morgan fingerprint density at radius 2 is 1.84 bits per heavy atom. The van der Waals surface area contributed by atoms with Gasteiger partial charge in [0, 0.05) is 19.8 Å². The molecule has 0 aliphatic rings. The summed E-state index contributed by atoms with van der Waals surface area (Å²) in [5.41, 5.74) is 8.11.